The minimum atomic E-state index is -0.131. The van der Waals surface area contributed by atoms with E-state index in [0.29, 0.717) is 13.1 Å². The van der Waals surface area contributed by atoms with Gasteiger partial charge >= 0.3 is 0 Å². The topological polar surface area (TPSA) is 65.5 Å². The number of carbonyl (C=O) groups excluding carboxylic acids is 1. The summed E-state index contributed by atoms with van der Waals surface area (Å²) < 4.78 is 0. The minimum Gasteiger partial charge on any atom is -0.338 e. The highest BCUT2D eigenvalue weighted by atomic mass is 16.2. The lowest BCUT2D eigenvalue weighted by atomic mass is 10.2. The molecule has 7 heteroatoms. The number of aromatic nitrogens is 3. The van der Waals surface area contributed by atoms with E-state index in [1.54, 1.807) is 12.4 Å². The molecule has 0 bridgehead atoms. The van der Waals surface area contributed by atoms with Gasteiger partial charge in [-0.05, 0) is 24.6 Å². The molecule has 130 valence electrons. The molecule has 0 unspecified atom stereocenters. The number of pyridine rings is 1. The van der Waals surface area contributed by atoms with Crippen LogP contribution < -0.4 is 4.90 Å². The Hall–Kier alpha value is -2.54. The Morgan fingerprint density at radius 3 is 2.44 bits per heavy atom. The molecule has 2 aromatic heterocycles. The van der Waals surface area contributed by atoms with Crippen LogP contribution in [0, 0.1) is 0 Å². The van der Waals surface area contributed by atoms with E-state index in [0.717, 1.165) is 37.8 Å². The average Bonchev–Trinajstić information content (AvgIpc) is 3.12. The molecule has 1 saturated heterocycles. The number of carbonyl (C=O) groups is 1. The molecule has 0 saturated carbocycles. The van der Waals surface area contributed by atoms with Crippen molar-refractivity contribution >= 4 is 11.9 Å². The number of rotatable bonds is 3. The molecule has 1 amide bonds. The molecule has 0 radical (unpaired) electrons. The molecule has 0 spiro atoms. The molecule has 0 aliphatic carbocycles. The Morgan fingerprint density at radius 1 is 1.00 bits per heavy atom. The van der Waals surface area contributed by atoms with E-state index >= 15 is 0 Å². The molecular weight excluding hydrogens is 316 g/mol. The number of hydrogen-bond acceptors (Lipinski definition) is 6. The summed E-state index contributed by atoms with van der Waals surface area (Å²) in [5, 5.41) is 0. The lowest BCUT2D eigenvalue weighted by Crippen LogP contribution is -2.53. The summed E-state index contributed by atoms with van der Waals surface area (Å²) in [6.07, 6.45) is 5.32. The van der Waals surface area contributed by atoms with Crippen molar-refractivity contribution < 1.29 is 4.79 Å². The van der Waals surface area contributed by atoms with Crippen LogP contribution in [0.1, 0.15) is 18.2 Å². The summed E-state index contributed by atoms with van der Waals surface area (Å²) in [7, 11) is 0. The number of anilines is 1. The zero-order valence-electron chi connectivity index (χ0n) is 14.4. The molecule has 2 aromatic rings. The summed E-state index contributed by atoms with van der Waals surface area (Å²) in [5.41, 5.74) is 2.32. The number of hydrogen-bond donors (Lipinski definition) is 0. The van der Waals surface area contributed by atoms with Crippen LogP contribution in [0.25, 0.3) is 0 Å². The molecule has 2 aliphatic rings. The van der Waals surface area contributed by atoms with E-state index in [-0.39, 0.29) is 11.9 Å². The SMILES string of the molecule is C[C@@H](C(=O)N1CCN(c2ncccn2)CC1)N1Cc2cccnc2C1. The van der Waals surface area contributed by atoms with Crippen molar-refractivity contribution in [1.82, 2.24) is 24.8 Å². The van der Waals surface area contributed by atoms with Crippen molar-refractivity contribution in [2.24, 2.45) is 0 Å². The second kappa shape index (κ2) is 6.76. The normalized spacial score (nSPS) is 18.9. The zero-order valence-corrected chi connectivity index (χ0v) is 14.4. The lowest BCUT2D eigenvalue weighted by molar-refractivity contribution is -0.137. The van der Waals surface area contributed by atoms with Crippen molar-refractivity contribution in [2.75, 3.05) is 31.1 Å². The summed E-state index contributed by atoms with van der Waals surface area (Å²) in [6, 6.07) is 5.74. The molecule has 4 rings (SSSR count). The van der Waals surface area contributed by atoms with Crippen LogP contribution >= 0.6 is 0 Å². The van der Waals surface area contributed by atoms with Gasteiger partial charge in [0.2, 0.25) is 11.9 Å². The number of nitrogens with zero attached hydrogens (tertiary/aromatic N) is 6. The van der Waals surface area contributed by atoms with Crippen LogP contribution in [0.5, 0.6) is 0 Å². The Kier molecular flexibility index (Phi) is 4.31. The third kappa shape index (κ3) is 3.19. The van der Waals surface area contributed by atoms with Gasteiger partial charge in [-0.3, -0.25) is 14.7 Å². The summed E-state index contributed by atoms with van der Waals surface area (Å²) in [6.45, 7) is 6.51. The molecule has 2 aliphatic heterocycles. The van der Waals surface area contributed by atoms with Crippen LogP contribution in [0.4, 0.5) is 5.95 Å². The van der Waals surface area contributed by atoms with Gasteiger partial charge in [0.1, 0.15) is 0 Å². The molecule has 1 fully saturated rings. The van der Waals surface area contributed by atoms with Gasteiger partial charge < -0.3 is 9.80 Å². The molecule has 0 N–H and O–H groups in total. The van der Waals surface area contributed by atoms with Crippen LogP contribution in [-0.4, -0.2) is 62.9 Å². The first kappa shape index (κ1) is 16.0. The first-order valence-corrected chi connectivity index (χ1v) is 8.70. The van der Waals surface area contributed by atoms with E-state index in [2.05, 4.69) is 30.8 Å². The van der Waals surface area contributed by atoms with Gasteiger partial charge in [-0.15, -0.1) is 0 Å². The van der Waals surface area contributed by atoms with Gasteiger partial charge in [-0.25, -0.2) is 9.97 Å². The maximum Gasteiger partial charge on any atom is 0.239 e. The third-order valence-corrected chi connectivity index (χ3v) is 5.04. The van der Waals surface area contributed by atoms with Crippen molar-refractivity contribution in [2.45, 2.75) is 26.1 Å². The largest absolute Gasteiger partial charge is 0.338 e. The highest BCUT2D eigenvalue weighted by Crippen LogP contribution is 2.23. The van der Waals surface area contributed by atoms with Crippen LogP contribution in [-0.2, 0) is 17.9 Å². The van der Waals surface area contributed by atoms with E-state index in [1.165, 1.54) is 5.56 Å². The molecule has 4 heterocycles. The summed E-state index contributed by atoms with van der Waals surface area (Å²) in [5.74, 6) is 0.935. The lowest BCUT2D eigenvalue weighted by Gasteiger charge is -2.37. The van der Waals surface area contributed by atoms with E-state index in [9.17, 15) is 4.79 Å². The zero-order chi connectivity index (χ0) is 17.2. The molecular formula is C18H22N6O. The Bertz CT molecular complexity index is 719. The Labute approximate surface area is 147 Å². The molecule has 7 nitrogen and oxygen atoms in total. The van der Waals surface area contributed by atoms with Crippen molar-refractivity contribution in [3.63, 3.8) is 0 Å². The molecule has 25 heavy (non-hydrogen) atoms. The maximum absolute atomic E-state index is 12.9. The predicted octanol–water partition coefficient (Wildman–Crippen LogP) is 0.924. The third-order valence-electron chi connectivity index (χ3n) is 5.04. The first-order chi connectivity index (χ1) is 12.2. The Morgan fingerprint density at radius 2 is 1.72 bits per heavy atom. The van der Waals surface area contributed by atoms with Gasteiger partial charge in [-0.2, -0.15) is 0 Å². The van der Waals surface area contributed by atoms with Gasteiger partial charge in [0.25, 0.3) is 0 Å². The van der Waals surface area contributed by atoms with E-state index < -0.39 is 0 Å². The maximum atomic E-state index is 12.9. The molecule has 0 aromatic carbocycles. The first-order valence-electron chi connectivity index (χ1n) is 8.70. The fraction of sp³-hybridized carbons (Fsp3) is 0.444. The van der Waals surface area contributed by atoms with E-state index in [1.807, 2.05) is 30.2 Å². The quantitative estimate of drug-likeness (QED) is 0.829. The number of amides is 1. The van der Waals surface area contributed by atoms with Gasteiger partial charge in [0.15, 0.2) is 0 Å². The van der Waals surface area contributed by atoms with Gasteiger partial charge in [-0.1, -0.05) is 6.07 Å². The highest BCUT2D eigenvalue weighted by Gasteiger charge is 2.32. The minimum absolute atomic E-state index is 0.131. The average molecular weight is 338 g/mol. The van der Waals surface area contributed by atoms with Crippen molar-refractivity contribution in [3.8, 4) is 0 Å². The Balaban J connectivity index is 1.35. The monoisotopic (exact) mass is 338 g/mol. The fourth-order valence-corrected chi connectivity index (χ4v) is 3.50. The smallest absolute Gasteiger partial charge is 0.239 e. The highest BCUT2D eigenvalue weighted by molar-refractivity contribution is 5.81. The van der Waals surface area contributed by atoms with Crippen LogP contribution in [0.2, 0.25) is 0 Å². The number of fused-ring (bicyclic) bond motifs is 1. The van der Waals surface area contributed by atoms with Crippen molar-refractivity contribution in [1.29, 1.82) is 0 Å². The number of piperazine rings is 1. The van der Waals surface area contributed by atoms with Crippen LogP contribution in [0.15, 0.2) is 36.8 Å². The summed E-state index contributed by atoms with van der Waals surface area (Å²) in [4.78, 5) is 32.2. The standard InChI is InChI=1S/C18H22N6O/c1-14(24-12-15-4-2-5-19-16(15)13-24)17(25)22-8-10-23(11-9-22)18-20-6-3-7-21-18/h2-7,14H,8-13H2,1H3/t14-/m0/s1. The van der Waals surface area contributed by atoms with Gasteiger partial charge in [0, 0.05) is 57.9 Å². The van der Waals surface area contributed by atoms with Crippen LogP contribution in [0.3, 0.4) is 0 Å². The van der Waals surface area contributed by atoms with Gasteiger partial charge in [0.05, 0.1) is 11.7 Å². The van der Waals surface area contributed by atoms with Crippen molar-refractivity contribution in [3.05, 3.63) is 48.0 Å². The second-order valence-corrected chi connectivity index (χ2v) is 6.55. The fourth-order valence-electron chi connectivity index (χ4n) is 3.50. The summed E-state index contributed by atoms with van der Waals surface area (Å²) >= 11 is 0. The predicted molar refractivity (Wildman–Crippen MR) is 93.8 cm³/mol. The second-order valence-electron chi connectivity index (χ2n) is 6.55. The van der Waals surface area contributed by atoms with E-state index in [4.69, 9.17) is 0 Å². The molecule has 1 atom stereocenters.